The third kappa shape index (κ3) is 4.24. The van der Waals surface area contributed by atoms with Crippen LogP contribution in [-0.2, 0) is 11.2 Å². The molecule has 1 saturated heterocycles. The Bertz CT molecular complexity index is 1030. The number of thiazole rings is 1. The molecule has 2 heterocycles. The Balaban J connectivity index is 1.44. The first-order valence-electron chi connectivity index (χ1n) is 8.99. The maximum absolute atomic E-state index is 12.6. The first kappa shape index (κ1) is 18.7. The van der Waals surface area contributed by atoms with Crippen molar-refractivity contribution >= 4 is 45.6 Å². The minimum atomic E-state index is -0.239. The van der Waals surface area contributed by atoms with Gasteiger partial charge in [-0.2, -0.15) is 0 Å². The number of anilines is 2. The highest BCUT2D eigenvalue weighted by Crippen LogP contribution is 2.25. The number of carbonyl (C=O) groups excluding carboxylic acids is 2. The van der Waals surface area contributed by atoms with Gasteiger partial charge < -0.3 is 4.90 Å². The molecule has 7 heteroatoms. The molecule has 28 heavy (non-hydrogen) atoms. The maximum atomic E-state index is 12.6. The lowest BCUT2D eigenvalue weighted by Crippen LogP contribution is -2.24. The molecule has 1 aromatic heterocycles. The van der Waals surface area contributed by atoms with Crippen LogP contribution in [0.15, 0.2) is 54.7 Å². The lowest BCUT2D eigenvalue weighted by Gasteiger charge is -2.16. The molecule has 0 bridgehead atoms. The van der Waals surface area contributed by atoms with Crippen molar-refractivity contribution in [2.45, 2.75) is 19.3 Å². The predicted octanol–water partition coefficient (Wildman–Crippen LogP) is 4.77. The Hall–Kier alpha value is -2.70. The number of rotatable bonds is 5. The predicted molar refractivity (Wildman–Crippen MR) is 112 cm³/mol. The van der Waals surface area contributed by atoms with Crippen molar-refractivity contribution < 1.29 is 9.59 Å². The SMILES string of the molecule is O=C(Nc1ncc(Cc2cccc(Cl)c2)s1)c1cccc(N2CCCC2=O)c1. The second kappa shape index (κ2) is 8.12. The van der Waals surface area contributed by atoms with E-state index in [1.54, 1.807) is 29.3 Å². The van der Waals surface area contributed by atoms with E-state index in [0.29, 0.717) is 35.1 Å². The molecule has 2 amide bonds. The highest BCUT2D eigenvalue weighted by Gasteiger charge is 2.22. The van der Waals surface area contributed by atoms with Crippen molar-refractivity contribution in [3.05, 3.63) is 75.8 Å². The van der Waals surface area contributed by atoms with E-state index in [2.05, 4.69) is 10.3 Å². The molecule has 3 aromatic rings. The van der Waals surface area contributed by atoms with Crippen LogP contribution < -0.4 is 10.2 Å². The third-order valence-corrected chi connectivity index (χ3v) is 5.68. The molecule has 4 rings (SSSR count). The Morgan fingerprint density at radius 3 is 2.86 bits per heavy atom. The summed E-state index contributed by atoms with van der Waals surface area (Å²) in [6.45, 7) is 0.698. The minimum absolute atomic E-state index is 0.100. The van der Waals surface area contributed by atoms with Crippen molar-refractivity contribution in [2.24, 2.45) is 0 Å². The maximum Gasteiger partial charge on any atom is 0.257 e. The van der Waals surface area contributed by atoms with Crippen LogP contribution in [0.4, 0.5) is 10.8 Å². The normalized spacial score (nSPS) is 13.8. The van der Waals surface area contributed by atoms with Crippen molar-refractivity contribution in [1.82, 2.24) is 4.98 Å². The number of carbonyl (C=O) groups is 2. The van der Waals surface area contributed by atoms with E-state index in [-0.39, 0.29) is 11.8 Å². The van der Waals surface area contributed by atoms with Gasteiger partial charge in [0.25, 0.3) is 5.91 Å². The summed E-state index contributed by atoms with van der Waals surface area (Å²) in [4.78, 5) is 31.6. The highest BCUT2D eigenvalue weighted by atomic mass is 35.5. The van der Waals surface area contributed by atoms with Crippen molar-refractivity contribution in [1.29, 1.82) is 0 Å². The number of hydrogen-bond acceptors (Lipinski definition) is 4. The van der Waals surface area contributed by atoms with Gasteiger partial charge in [-0.25, -0.2) is 4.98 Å². The van der Waals surface area contributed by atoms with E-state index in [1.165, 1.54) is 11.3 Å². The van der Waals surface area contributed by atoms with Crippen LogP contribution in [0.1, 0.15) is 33.6 Å². The number of nitrogens with zero attached hydrogens (tertiary/aromatic N) is 2. The quantitative estimate of drug-likeness (QED) is 0.658. The Morgan fingerprint density at radius 1 is 1.21 bits per heavy atom. The zero-order chi connectivity index (χ0) is 19.5. The standard InChI is InChI=1S/C21H18ClN3O2S/c22-16-6-1-4-14(10-16)11-18-13-23-21(28-18)24-20(27)15-5-2-7-17(12-15)25-9-3-8-19(25)26/h1-2,4-7,10,12-13H,3,8-9,11H2,(H,23,24,27). The van der Waals surface area contributed by atoms with E-state index in [1.807, 2.05) is 30.3 Å². The molecule has 5 nitrogen and oxygen atoms in total. The van der Waals surface area contributed by atoms with Crippen LogP contribution in [0.5, 0.6) is 0 Å². The smallest absolute Gasteiger partial charge is 0.257 e. The molecule has 2 aromatic carbocycles. The van der Waals surface area contributed by atoms with Gasteiger partial charge in [0.2, 0.25) is 5.91 Å². The fraction of sp³-hybridized carbons (Fsp3) is 0.190. The monoisotopic (exact) mass is 411 g/mol. The molecular weight excluding hydrogens is 394 g/mol. The molecule has 0 saturated carbocycles. The molecule has 1 aliphatic rings. The van der Waals surface area contributed by atoms with Gasteiger partial charge in [-0.1, -0.05) is 29.8 Å². The minimum Gasteiger partial charge on any atom is -0.312 e. The van der Waals surface area contributed by atoms with Gasteiger partial charge in [0, 0.05) is 46.7 Å². The molecule has 0 atom stereocenters. The zero-order valence-electron chi connectivity index (χ0n) is 15.0. The summed E-state index contributed by atoms with van der Waals surface area (Å²) in [7, 11) is 0. The van der Waals surface area contributed by atoms with E-state index in [4.69, 9.17) is 11.6 Å². The average molecular weight is 412 g/mol. The third-order valence-electron chi connectivity index (χ3n) is 4.53. The van der Waals surface area contributed by atoms with E-state index < -0.39 is 0 Å². The second-order valence-corrected chi connectivity index (χ2v) is 8.14. The Morgan fingerprint density at radius 2 is 2.07 bits per heavy atom. The number of halogens is 1. The topological polar surface area (TPSA) is 62.3 Å². The average Bonchev–Trinajstić information content (AvgIpc) is 3.30. The summed E-state index contributed by atoms with van der Waals surface area (Å²) in [5, 5.41) is 4.09. The first-order valence-corrected chi connectivity index (χ1v) is 10.2. The zero-order valence-corrected chi connectivity index (χ0v) is 16.6. The number of hydrogen-bond donors (Lipinski definition) is 1. The Kier molecular flexibility index (Phi) is 5.41. The van der Waals surface area contributed by atoms with E-state index in [9.17, 15) is 9.59 Å². The van der Waals surface area contributed by atoms with Gasteiger partial charge in [0.1, 0.15) is 0 Å². The van der Waals surface area contributed by atoms with Crippen LogP contribution in [0.25, 0.3) is 0 Å². The number of aromatic nitrogens is 1. The van der Waals surface area contributed by atoms with Crippen LogP contribution in [0, 0.1) is 0 Å². The van der Waals surface area contributed by atoms with Crippen LogP contribution in [0.2, 0.25) is 5.02 Å². The number of benzene rings is 2. The molecule has 0 radical (unpaired) electrons. The van der Waals surface area contributed by atoms with E-state index >= 15 is 0 Å². The molecule has 1 aliphatic heterocycles. The molecule has 142 valence electrons. The van der Waals surface area contributed by atoms with Crippen molar-refractivity contribution in [2.75, 3.05) is 16.8 Å². The molecular formula is C21H18ClN3O2S. The van der Waals surface area contributed by atoms with Crippen molar-refractivity contribution in [3.63, 3.8) is 0 Å². The van der Waals surface area contributed by atoms with E-state index in [0.717, 1.165) is 22.5 Å². The molecule has 1 N–H and O–H groups in total. The van der Waals surface area contributed by atoms with Crippen molar-refractivity contribution in [3.8, 4) is 0 Å². The first-order chi connectivity index (χ1) is 13.6. The largest absolute Gasteiger partial charge is 0.312 e. The molecule has 1 fully saturated rings. The van der Waals surface area contributed by atoms with Gasteiger partial charge in [-0.15, -0.1) is 11.3 Å². The van der Waals surface area contributed by atoms with Gasteiger partial charge in [0.15, 0.2) is 5.13 Å². The van der Waals surface area contributed by atoms with Gasteiger partial charge in [0.05, 0.1) is 0 Å². The molecule has 0 spiro atoms. The highest BCUT2D eigenvalue weighted by molar-refractivity contribution is 7.15. The summed E-state index contributed by atoms with van der Waals surface area (Å²) < 4.78 is 0. The summed E-state index contributed by atoms with van der Waals surface area (Å²) in [5.74, 6) is -0.139. The molecule has 0 aliphatic carbocycles. The fourth-order valence-electron chi connectivity index (χ4n) is 3.20. The second-order valence-electron chi connectivity index (χ2n) is 6.59. The number of nitrogens with one attached hydrogen (secondary N) is 1. The van der Waals surface area contributed by atoms with Crippen LogP contribution in [0.3, 0.4) is 0 Å². The van der Waals surface area contributed by atoms with Gasteiger partial charge >= 0.3 is 0 Å². The van der Waals surface area contributed by atoms with Gasteiger partial charge in [-0.3, -0.25) is 14.9 Å². The van der Waals surface area contributed by atoms with Crippen LogP contribution >= 0.6 is 22.9 Å². The lowest BCUT2D eigenvalue weighted by molar-refractivity contribution is -0.117. The van der Waals surface area contributed by atoms with Gasteiger partial charge in [-0.05, 0) is 42.3 Å². The summed E-state index contributed by atoms with van der Waals surface area (Å²) >= 11 is 7.46. The summed E-state index contributed by atoms with van der Waals surface area (Å²) in [6.07, 6.45) is 3.88. The lowest BCUT2D eigenvalue weighted by atomic mass is 10.1. The molecule has 0 unspecified atom stereocenters. The summed E-state index contributed by atoms with van der Waals surface area (Å²) in [6, 6.07) is 14.8. The number of amides is 2. The summed E-state index contributed by atoms with van der Waals surface area (Å²) in [5.41, 5.74) is 2.36. The Labute approximate surface area is 172 Å². The van der Waals surface area contributed by atoms with Crippen LogP contribution in [-0.4, -0.2) is 23.3 Å². The fourth-order valence-corrected chi connectivity index (χ4v) is 4.26.